The zero-order chi connectivity index (χ0) is 28.2. The van der Waals surface area contributed by atoms with Gasteiger partial charge in [0, 0.05) is 32.0 Å². The Balaban J connectivity index is 1.43. The lowest BCUT2D eigenvalue weighted by atomic mass is 10.1. The van der Waals surface area contributed by atoms with Crippen molar-refractivity contribution >= 4 is 44.1 Å². The van der Waals surface area contributed by atoms with Gasteiger partial charge in [-0.1, -0.05) is 6.07 Å². The summed E-state index contributed by atoms with van der Waals surface area (Å²) in [6, 6.07) is 6.60. The summed E-state index contributed by atoms with van der Waals surface area (Å²) in [4.78, 5) is 21.9. The maximum atomic E-state index is 13.6. The molecule has 0 spiro atoms. The number of pyridine rings is 1. The molecule has 40 heavy (non-hydrogen) atoms. The number of hydrogen-bond donors (Lipinski definition) is 2. The Labute approximate surface area is 230 Å². The van der Waals surface area contributed by atoms with Crippen molar-refractivity contribution in [3.63, 3.8) is 0 Å². The van der Waals surface area contributed by atoms with Crippen molar-refractivity contribution in [1.29, 1.82) is 0 Å². The van der Waals surface area contributed by atoms with Crippen LogP contribution in [0, 0.1) is 12.8 Å². The Kier molecular flexibility index (Phi) is 6.78. The van der Waals surface area contributed by atoms with Gasteiger partial charge < -0.3 is 20.1 Å². The molecule has 3 atom stereocenters. The van der Waals surface area contributed by atoms with Crippen molar-refractivity contribution in [2.45, 2.75) is 68.6 Å². The lowest BCUT2D eigenvalue weighted by molar-refractivity contribution is -0.119. The summed E-state index contributed by atoms with van der Waals surface area (Å²) in [6.07, 6.45) is 4.49. The second-order valence-electron chi connectivity index (χ2n) is 10.7. The molecule has 2 unspecified atom stereocenters. The molecular formula is C27H31F2N5O5S. The molecule has 1 saturated carbocycles. The quantitative estimate of drug-likeness (QED) is 0.402. The topological polar surface area (TPSA) is 124 Å². The monoisotopic (exact) mass is 575 g/mol. The highest BCUT2D eigenvalue weighted by molar-refractivity contribution is 7.90. The van der Waals surface area contributed by atoms with E-state index in [1.807, 2.05) is 17.6 Å². The number of aryl methyl sites for hydroxylation is 1. The molecule has 3 aliphatic rings. The van der Waals surface area contributed by atoms with E-state index in [9.17, 15) is 22.0 Å². The Morgan fingerprint density at radius 2 is 1.85 bits per heavy atom. The molecular weight excluding hydrogens is 544 g/mol. The van der Waals surface area contributed by atoms with E-state index in [-0.39, 0.29) is 23.0 Å². The molecule has 1 aliphatic carbocycles. The number of fused-ring (bicyclic) bond motifs is 1. The molecule has 6 rings (SSSR count). The fourth-order valence-corrected chi connectivity index (χ4v) is 6.32. The zero-order valence-electron chi connectivity index (χ0n) is 22.2. The number of imidazole rings is 1. The maximum absolute atomic E-state index is 13.6. The summed E-state index contributed by atoms with van der Waals surface area (Å²) < 4.78 is 66.4. The van der Waals surface area contributed by atoms with Gasteiger partial charge in [0.25, 0.3) is 5.92 Å². The Hall–Kier alpha value is -3.16. The standard InChI is InChI=1S/C27H31F2N5O5S/c1-15-30-24-19(31-18-9-8-16(20-6-5-11-38-20)12-21(18)40(2,36)37)13-22(33-26(35)17-14-27(17,28)29)32-25(24)34(15)23-7-3-4-10-39-23/h8-9,12-13,17,20,23H,3-7,10-11,14H2,1-2H3,(H2,31,32,33,35)/t17?,20-,23?/m0/s1. The number of halogens is 2. The van der Waals surface area contributed by atoms with Gasteiger partial charge in [-0.05, 0) is 56.7 Å². The second-order valence-corrected chi connectivity index (χ2v) is 12.7. The van der Waals surface area contributed by atoms with Gasteiger partial charge in [0.1, 0.15) is 29.3 Å². The molecule has 10 nitrogen and oxygen atoms in total. The van der Waals surface area contributed by atoms with Crippen LogP contribution in [0.1, 0.15) is 62.2 Å². The molecule has 2 aromatic heterocycles. The number of carbonyl (C=O) groups excluding carboxylic acids is 1. The van der Waals surface area contributed by atoms with Crippen LogP contribution in [0.25, 0.3) is 11.2 Å². The Morgan fingerprint density at radius 1 is 1.07 bits per heavy atom. The Morgan fingerprint density at radius 3 is 2.50 bits per heavy atom. The summed E-state index contributed by atoms with van der Waals surface area (Å²) >= 11 is 0. The third kappa shape index (κ3) is 5.17. The van der Waals surface area contributed by atoms with E-state index in [1.165, 1.54) is 6.07 Å². The van der Waals surface area contributed by atoms with Crippen LogP contribution in [0.5, 0.6) is 0 Å². The first-order chi connectivity index (χ1) is 19.0. The number of ether oxygens (including phenoxy) is 2. The van der Waals surface area contributed by atoms with Gasteiger partial charge in [-0.2, -0.15) is 0 Å². The summed E-state index contributed by atoms with van der Waals surface area (Å²) in [5.74, 6) is -4.59. The van der Waals surface area contributed by atoms with Gasteiger partial charge in [-0.15, -0.1) is 0 Å². The van der Waals surface area contributed by atoms with Crippen LogP contribution in [0.15, 0.2) is 29.2 Å². The van der Waals surface area contributed by atoms with Crippen molar-refractivity contribution in [3.8, 4) is 0 Å². The van der Waals surface area contributed by atoms with Crippen molar-refractivity contribution in [2.24, 2.45) is 5.92 Å². The van der Waals surface area contributed by atoms with Crippen LogP contribution in [-0.4, -0.2) is 54.3 Å². The molecule has 2 aliphatic heterocycles. The molecule has 13 heteroatoms. The van der Waals surface area contributed by atoms with Gasteiger partial charge in [0.05, 0.1) is 22.4 Å². The van der Waals surface area contributed by atoms with E-state index in [2.05, 4.69) is 15.6 Å². The summed E-state index contributed by atoms with van der Waals surface area (Å²) in [7, 11) is -3.66. The van der Waals surface area contributed by atoms with E-state index in [4.69, 9.17) is 14.5 Å². The van der Waals surface area contributed by atoms with E-state index in [0.717, 1.165) is 43.9 Å². The van der Waals surface area contributed by atoms with Gasteiger partial charge in [-0.25, -0.2) is 27.2 Å². The van der Waals surface area contributed by atoms with Crippen LogP contribution in [0.4, 0.5) is 26.0 Å². The number of rotatable bonds is 7. The average molecular weight is 576 g/mol. The van der Waals surface area contributed by atoms with Crippen LogP contribution in [-0.2, 0) is 24.1 Å². The first kappa shape index (κ1) is 27.0. The number of alkyl halides is 2. The minimum atomic E-state index is -3.66. The smallest absolute Gasteiger partial charge is 0.260 e. The fraction of sp³-hybridized carbons (Fsp3) is 0.519. The summed E-state index contributed by atoms with van der Waals surface area (Å²) in [6.45, 7) is 3.02. The second kappa shape index (κ2) is 10.0. The highest BCUT2D eigenvalue weighted by Gasteiger charge is 2.61. The SMILES string of the molecule is Cc1nc2c(Nc3ccc([C@@H]4CCCO4)cc3S(C)(=O)=O)cc(NC(=O)C3CC3(F)F)nc2n1C1CCCCO1. The molecule has 1 aromatic carbocycles. The number of benzene rings is 1. The number of carbonyl (C=O) groups is 1. The van der Waals surface area contributed by atoms with Crippen molar-refractivity contribution in [1.82, 2.24) is 14.5 Å². The van der Waals surface area contributed by atoms with Gasteiger partial charge in [0.2, 0.25) is 5.91 Å². The minimum absolute atomic E-state index is 0.0524. The lowest BCUT2D eigenvalue weighted by Crippen LogP contribution is -2.20. The van der Waals surface area contributed by atoms with Crippen LogP contribution in [0.3, 0.4) is 0 Å². The van der Waals surface area contributed by atoms with Gasteiger partial charge >= 0.3 is 0 Å². The largest absolute Gasteiger partial charge is 0.374 e. The highest BCUT2D eigenvalue weighted by Crippen LogP contribution is 2.49. The average Bonchev–Trinajstić information content (AvgIpc) is 3.24. The predicted molar refractivity (Wildman–Crippen MR) is 144 cm³/mol. The molecule has 0 radical (unpaired) electrons. The van der Waals surface area contributed by atoms with E-state index >= 15 is 0 Å². The normalized spacial score (nSPS) is 24.2. The van der Waals surface area contributed by atoms with Gasteiger partial charge in [-0.3, -0.25) is 9.36 Å². The number of nitrogens with zero attached hydrogens (tertiary/aromatic N) is 3. The lowest BCUT2D eigenvalue weighted by Gasteiger charge is -2.25. The number of amides is 1. The first-order valence-electron chi connectivity index (χ1n) is 13.4. The van der Waals surface area contributed by atoms with Crippen LogP contribution >= 0.6 is 0 Å². The number of nitrogens with one attached hydrogen (secondary N) is 2. The van der Waals surface area contributed by atoms with E-state index in [1.54, 1.807) is 12.1 Å². The van der Waals surface area contributed by atoms with E-state index < -0.39 is 34.0 Å². The third-order valence-corrected chi connectivity index (χ3v) is 8.77. The van der Waals surface area contributed by atoms with Crippen molar-refractivity contribution in [3.05, 3.63) is 35.7 Å². The van der Waals surface area contributed by atoms with Crippen molar-refractivity contribution in [2.75, 3.05) is 30.1 Å². The van der Waals surface area contributed by atoms with Crippen LogP contribution in [0.2, 0.25) is 0 Å². The predicted octanol–water partition coefficient (Wildman–Crippen LogP) is 5.03. The molecule has 1 amide bonds. The molecule has 0 bridgehead atoms. The molecule has 3 aromatic rings. The molecule has 2 saturated heterocycles. The highest BCUT2D eigenvalue weighted by atomic mass is 32.2. The number of sulfone groups is 1. The summed E-state index contributed by atoms with van der Waals surface area (Å²) in [5, 5.41) is 5.70. The summed E-state index contributed by atoms with van der Waals surface area (Å²) in [5.41, 5.74) is 2.28. The molecule has 4 heterocycles. The van der Waals surface area contributed by atoms with Gasteiger partial charge in [0.15, 0.2) is 15.5 Å². The first-order valence-corrected chi connectivity index (χ1v) is 15.3. The van der Waals surface area contributed by atoms with Crippen LogP contribution < -0.4 is 10.6 Å². The fourth-order valence-electron chi connectivity index (χ4n) is 5.45. The third-order valence-electron chi connectivity index (χ3n) is 7.64. The Bertz CT molecular complexity index is 1580. The zero-order valence-corrected chi connectivity index (χ0v) is 23.1. The van der Waals surface area contributed by atoms with E-state index in [0.29, 0.717) is 41.6 Å². The number of aromatic nitrogens is 3. The molecule has 214 valence electrons. The number of hydrogen-bond acceptors (Lipinski definition) is 8. The minimum Gasteiger partial charge on any atom is -0.374 e. The van der Waals surface area contributed by atoms with Crippen molar-refractivity contribution < 1.29 is 31.5 Å². The molecule has 3 fully saturated rings. The number of anilines is 3. The maximum Gasteiger partial charge on any atom is 0.260 e. The molecule has 2 N–H and O–H groups in total.